The van der Waals surface area contributed by atoms with Gasteiger partial charge in [0.25, 0.3) is 5.91 Å². The van der Waals surface area contributed by atoms with Crippen LogP contribution in [0.4, 0.5) is 0 Å². The third-order valence-electron chi connectivity index (χ3n) is 19.5. The van der Waals surface area contributed by atoms with Crippen LogP contribution in [0.5, 0.6) is 5.75 Å². The summed E-state index contributed by atoms with van der Waals surface area (Å²) < 4.78 is 0. The third kappa shape index (κ3) is 44.5. The van der Waals surface area contributed by atoms with Gasteiger partial charge in [0, 0.05) is 37.2 Å². The number of phenols is 1. The van der Waals surface area contributed by atoms with Crippen LogP contribution in [0.15, 0.2) is 54.6 Å². The maximum atomic E-state index is 15.4. The van der Waals surface area contributed by atoms with Gasteiger partial charge in [0.1, 0.15) is 116 Å². The number of aliphatic hydroxyl groups is 1. The van der Waals surface area contributed by atoms with E-state index in [2.05, 4.69) is 101 Å². The topological polar surface area (TPSA) is 814 Å². The van der Waals surface area contributed by atoms with Crippen molar-refractivity contribution < 1.29 is 112 Å². The molecule has 0 unspecified atom stereocenters. The number of carbonyl (C=O) groups is 18. The number of carboxylic acids is 2. The number of aromatic hydroxyl groups is 1. The number of benzene rings is 2. The van der Waals surface area contributed by atoms with Gasteiger partial charge in [-0.2, -0.15) is 11.8 Å². The summed E-state index contributed by atoms with van der Waals surface area (Å²) in [5, 5.41) is 85.9. The molecule has 0 spiro atoms. The minimum atomic E-state index is -1.95. The number of carbonyl (C=O) groups excluding carboxylic acids is 16. The van der Waals surface area contributed by atoms with Gasteiger partial charge in [-0.15, -0.1) is 0 Å². The molecule has 722 valence electrons. The Balaban J connectivity index is 2.52. The first-order valence-corrected chi connectivity index (χ1v) is 45.7. The second-order valence-electron chi connectivity index (χ2n) is 31.4. The number of quaternary nitrogens is 1. The van der Waals surface area contributed by atoms with Crippen LogP contribution in [0.2, 0.25) is 0 Å². The van der Waals surface area contributed by atoms with E-state index < -0.39 is 272 Å². The van der Waals surface area contributed by atoms with Gasteiger partial charge in [-0.25, -0.2) is 0 Å². The summed E-state index contributed by atoms with van der Waals surface area (Å²) in [7, 11) is 1.41. The molecule has 15 atom stereocenters. The number of rotatable bonds is 42. The zero-order chi connectivity index (χ0) is 96.7. The first kappa shape index (κ1) is 112. The Morgan fingerprint density at radius 3 is 1.53 bits per heavy atom. The highest BCUT2D eigenvalue weighted by Crippen LogP contribution is 2.25. The smallest absolute Gasteiger partial charge is 0.322 e. The molecule has 0 aliphatic carbocycles. The fourth-order valence-electron chi connectivity index (χ4n) is 12.4. The van der Waals surface area contributed by atoms with E-state index in [-0.39, 0.29) is 94.8 Å². The van der Waals surface area contributed by atoms with Gasteiger partial charge in [0.05, 0.1) is 13.0 Å². The predicted molar refractivity (Wildman–Crippen MR) is 476 cm³/mol. The number of nitrogens with one attached hydrogen (secondary N) is 18. The zero-order valence-electron chi connectivity index (χ0n) is 73.2. The maximum Gasteiger partial charge on any atom is 0.322 e. The van der Waals surface area contributed by atoms with Crippen molar-refractivity contribution in [3.05, 3.63) is 65.7 Å². The molecule has 129 heavy (non-hydrogen) atoms. The Bertz CT molecular complexity index is 4040. The van der Waals surface area contributed by atoms with Crippen LogP contribution in [0, 0.1) is 11.8 Å². The molecule has 3 rings (SSSR count). The molecule has 48 nitrogen and oxygen atoms in total. The average Bonchev–Trinajstić information content (AvgIpc) is 0.864. The van der Waals surface area contributed by atoms with Crippen LogP contribution < -0.4 is 142 Å². The van der Waals surface area contributed by atoms with Gasteiger partial charge in [-0.05, 0) is 132 Å². The monoisotopic (exact) mass is 1880 g/mol. The van der Waals surface area contributed by atoms with Crippen LogP contribution in [0.1, 0.15) is 123 Å². The molecule has 1 aliphatic heterocycles. The average molecular weight is 1880 g/mol. The van der Waals surface area contributed by atoms with Crippen molar-refractivity contribution in [1.82, 2.24) is 95.7 Å². The number of hydrogen-bond donors (Lipinski definition) is 30. The van der Waals surface area contributed by atoms with E-state index in [0.29, 0.717) is 32.7 Å². The summed E-state index contributed by atoms with van der Waals surface area (Å²) in [4.78, 5) is 256. The molecule has 1 aliphatic rings. The second kappa shape index (κ2) is 59.5. The van der Waals surface area contributed by atoms with Gasteiger partial charge >= 0.3 is 11.9 Å². The summed E-state index contributed by atoms with van der Waals surface area (Å²) in [6, 6.07) is -11.5. The van der Waals surface area contributed by atoms with Crippen LogP contribution >= 0.6 is 33.3 Å². The van der Waals surface area contributed by atoms with E-state index >= 15 is 24.0 Å². The van der Waals surface area contributed by atoms with E-state index in [0.717, 1.165) is 0 Å². The van der Waals surface area contributed by atoms with E-state index in [1.165, 1.54) is 75.9 Å². The molecule has 0 radical (unpaired) electrons. The number of thioether (sulfide) groups is 1. The van der Waals surface area contributed by atoms with Gasteiger partial charge < -0.3 is 146 Å². The SMILES string of the molecule is CSCC[C@H](NC(=O)[C@@H]1CSSC[C@H](NC(=O)[C@H](CC(N)=O)NC(=O)[C@@H]([NH3+])CCCNC(N)N)C(=O)N[C@@H](Cc2ccccc2)C(=O)N[C@@H](CCC(=O)O)C(=O)N[C@@H](CO)C(=O)N[C@@H](C(C)C)C(=O)N[C@@H](C)C(=O)N[C@@H](C)C(=O)N[C@@H](CC(C)C)C(=O)N[C@@H](CCCNC(N)N)C(=O)N[C@@H](CCCNC(N)N)C(=O)N1)C(=O)N[C@@H](Cc1ccc(O)cc1)C(=O)NCC(=O)O. The van der Waals surface area contributed by atoms with Crippen molar-refractivity contribution in [1.29, 1.82) is 0 Å². The molecule has 2 aromatic rings. The number of amides is 16. The van der Waals surface area contributed by atoms with Gasteiger partial charge in [0.15, 0.2) is 6.04 Å². The molecule has 0 saturated carbocycles. The molecular formula is C78H131N26O22S3+. The first-order valence-electron chi connectivity index (χ1n) is 41.8. The Morgan fingerprint density at radius 2 is 1.00 bits per heavy atom. The number of hydrogen-bond acceptors (Lipinski definition) is 32. The number of aliphatic carboxylic acids is 2. The Morgan fingerprint density at radius 1 is 0.512 bits per heavy atom. The van der Waals surface area contributed by atoms with Gasteiger partial charge in [0.2, 0.25) is 88.6 Å². The highest BCUT2D eigenvalue weighted by Gasteiger charge is 2.40. The number of phenolic OH excluding ortho intramolecular Hbond substituents is 1. The van der Waals surface area contributed by atoms with Crippen LogP contribution in [0.3, 0.4) is 0 Å². The molecule has 39 N–H and O–H groups in total. The number of carboxylic acid groups (broad SMARTS) is 2. The Kier molecular flexibility index (Phi) is 51.9. The van der Waals surface area contributed by atoms with Crippen LogP contribution in [0.25, 0.3) is 0 Å². The lowest BCUT2D eigenvalue weighted by atomic mass is 10.0. The predicted octanol–water partition coefficient (Wildman–Crippen LogP) is -10.9. The van der Waals surface area contributed by atoms with E-state index in [4.69, 9.17) is 40.1 Å². The van der Waals surface area contributed by atoms with Crippen molar-refractivity contribution in [3.8, 4) is 5.75 Å². The normalized spacial score (nSPS) is 21.9. The summed E-state index contributed by atoms with van der Waals surface area (Å²) in [5.74, 6) is -22.6. The summed E-state index contributed by atoms with van der Waals surface area (Å²) in [6.07, 6.45) is -5.01. The molecule has 51 heteroatoms. The standard InChI is InChI=1S/C78H130N26O22S3/c1-38(2)30-50-69(120)94-46(17-12-27-88-77(83)84)65(116)93-47(18-13-28-89-78(85)86)66(117)102-55(73(124)96-49(25-29-127-7)68(119)99-51(64(115)90-34-59(110)111)32-43-19-21-44(106)22-20-43)36-128-129-37-56(103-71(122)53(33-57(80)107)98-63(114)45(79)16-11-26-87-76(81)82)74(125)100-52(31-42-14-9-8-10-15-42)70(121)95-48(23-24-58(108)109)67(118)101-54(35-105)72(123)104-60(39(3)4)75(126)92-40(5)61(112)91-41(6)62(113)97-50/h8-10,14-15,19-22,38-41,45-56,60,76-78,87-89,105-106H,11-13,16-18,23-37,79,81-86H2,1-7H3,(H2,80,107)(H,90,115)(H,91,112)(H,92,126)(H,93,116)(H,94,120)(H,95,121)(H,96,124)(H,97,113)(H,98,114)(H,99,119)(H,100,125)(H,101,118)(H,102,117)(H,103,122)(H,104,123)(H,108,109)(H,110,111)/p+1/t40-,41-,45-,46-,47-,48-,49-,50-,51-,52-,53-,54-,55-,56-,60-/m0/s1. The van der Waals surface area contributed by atoms with Crippen molar-refractivity contribution in [2.24, 2.45) is 52.0 Å². The molecule has 2 aromatic carbocycles. The fourth-order valence-corrected chi connectivity index (χ4v) is 15.2. The number of primary amides is 1. The molecule has 0 aromatic heterocycles. The summed E-state index contributed by atoms with van der Waals surface area (Å²) >= 11 is 1.22. The summed E-state index contributed by atoms with van der Waals surface area (Å²) in [6.45, 7) is 7.08. The van der Waals surface area contributed by atoms with Crippen molar-refractivity contribution in [3.63, 3.8) is 0 Å². The number of nitrogens with two attached hydrogens (primary N) is 7. The highest BCUT2D eigenvalue weighted by atomic mass is 33.1. The first-order chi connectivity index (χ1) is 60.8. The quantitative estimate of drug-likeness (QED) is 0.0167. The van der Waals surface area contributed by atoms with Crippen molar-refractivity contribution in [2.75, 3.05) is 56.3 Å². The lowest BCUT2D eigenvalue weighted by Gasteiger charge is -2.28. The zero-order valence-corrected chi connectivity index (χ0v) is 75.7. The maximum absolute atomic E-state index is 15.4. The van der Waals surface area contributed by atoms with Crippen molar-refractivity contribution in [2.45, 2.75) is 235 Å². The minimum absolute atomic E-state index is 0.0108. The molecule has 1 heterocycles. The van der Waals surface area contributed by atoms with Gasteiger partial charge in [-0.3, -0.25) is 102 Å². The molecular weight excluding hydrogens is 1750 g/mol. The Labute approximate surface area is 758 Å². The van der Waals surface area contributed by atoms with E-state index in [1.54, 1.807) is 38.3 Å². The largest absolute Gasteiger partial charge is 0.508 e. The van der Waals surface area contributed by atoms with Crippen molar-refractivity contribution >= 4 is 140 Å². The molecule has 1 saturated heterocycles. The Hall–Kier alpha value is -10.7. The molecule has 16 amide bonds. The van der Waals surface area contributed by atoms with Crippen LogP contribution in [-0.4, -0.2) is 293 Å². The van der Waals surface area contributed by atoms with Crippen LogP contribution in [-0.2, 0) is 99.1 Å². The molecule has 0 bridgehead atoms. The number of aliphatic hydroxyl groups excluding tert-OH is 1. The lowest BCUT2D eigenvalue weighted by Crippen LogP contribution is -2.69. The molecule has 1 fully saturated rings. The second-order valence-corrected chi connectivity index (χ2v) is 34.9. The highest BCUT2D eigenvalue weighted by molar-refractivity contribution is 8.76. The van der Waals surface area contributed by atoms with E-state index in [1.807, 2.05) is 0 Å². The minimum Gasteiger partial charge on any atom is -0.508 e. The third-order valence-corrected chi connectivity index (χ3v) is 22.5. The fraction of sp³-hybridized carbons (Fsp3) is 0.615. The van der Waals surface area contributed by atoms with Gasteiger partial charge in [-0.1, -0.05) is 91.7 Å². The lowest BCUT2D eigenvalue weighted by molar-refractivity contribution is -0.405. The summed E-state index contributed by atoms with van der Waals surface area (Å²) in [5.41, 5.74) is 44.6. The van der Waals surface area contributed by atoms with E-state index in [9.17, 15) is 82.8 Å².